The predicted octanol–water partition coefficient (Wildman–Crippen LogP) is 1.02. The first kappa shape index (κ1) is 8.41. The van der Waals surface area contributed by atoms with Crippen LogP contribution in [-0.4, -0.2) is 23.4 Å². The zero-order valence-electron chi connectivity index (χ0n) is 7.93. The average Bonchev–Trinajstić information content (AvgIpc) is 2.84. The molecule has 0 bridgehead atoms. The molecule has 0 aromatic heterocycles. The van der Waals surface area contributed by atoms with Crippen molar-refractivity contribution >= 4 is 0 Å². The number of hydrogen-bond acceptors (Lipinski definition) is 3. The van der Waals surface area contributed by atoms with E-state index in [0.717, 1.165) is 5.56 Å². The molecule has 74 valence electrons. The molecule has 2 aliphatic rings. The second-order valence-electron chi connectivity index (χ2n) is 4.16. The maximum absolute atomic E-state index is 10.3. The predicted molar refractivity (Wildman–Crippen MR) is 49.6 cm³/mol. The van der Waals surface area contributed by atoms with E-state index >= 15 is 0 Å². The molecule has 3 heteroatoms. The monoisotopic (exact) mass is 192 g/mol. The van der Waals surface area contributed by atoms with E-state index < -0.39 is 5.79 Å². The van der Waals surface area contributed by atoms with Crippen molar-refractivity contribution in [3.63, 3.8) is 0 Å². The minimum Gasteiger partial charge on any atom is -0.360 e. The number of benzene rings is 1. The SMILES string of the molecule is C[C@]12CO[C@@](O)(c3ccccc3)[C@H]1O2. The summed E-state index contributed by atoms with van der Waals surface area (Å²) >= 11 is 0. The van der Waals surface area contributed by atoms with Gasteiger partial charge in [0.05, 0.1) is 6.61 Å². The molecule has 0 unspecified atom stereocenters. The Morgan fingerprint density at radius 2 is 2.07 bits per heavy atom. The summed E-state index contributed by atoms with van der Waals surface area (Å²) < 4.78 is 10.9. The van der Waals surface area contributed by atoms with Crippen LogP contribution in [0.1, 0.15) is 12.5 Å². The third kappa shape index (κ3) is 0.919. The number of aliphatic hydroxyl groups is 1. The molecule has 2 aliphatic heterocycles. The van der Waals surface area contributed by atoms with Crippen molar-refractivity contribution in [1.82, 2.24) is 0 Å². The van der Waals surface area contributed by atoms with E-state index in [9.17, 15) is 5.11 Å². The van der Waals surface area contributed by atoms with Gasteiger partial charge in [-0.05, 0) is 6.92 Å². The van der Waals surface area contributed by atoms with Crippen molar-refractivity contribution in [3.05, 3.63) is 35.9 Å². The zero-order chi connectivity index (χ0) is 9.81. The molecule has 1 aromatic rings. The third-order valence-corrected chi connectivity index (χ3v) is 3.01. The highest BCUT2D eigenvalue weighted by Crippen LogP contribution is 2.54. The van der Waals surface area contributed by atoms with Crippen LogP contribution in [-0.2, 0) is 15.3 Å². The normalized spacial score (nSPS) is 44.9. The van der Waals surface area contributed by atoms with Gasteiger partial charge in [0.2, 0.25) is 5.79 Å². The van der Waals surface area contributed by atoms with Crippen molar-refractivity contribution in [3.8, 4) is 0 Å². The first-order chi connectivity index (χ1) is 6.65. The Labute approximate surface area is 82.3 Å². The minimum absolute atomic E-state index is 0.211. The average molecular weight is 192 g/mol. The Morgan fingerprint density at radius 3 is 2.57 bits per heavy atom. The van der Waals surface area contributed by atoms with E-state index in [0.29, 0.717) is 6.61 Å². The standard InChI is InChI=1S/C11H12O3/c1-10-7-13-11(12,9(10)14-10)8-5-3-2-4-6-8/h2-6,9,12H,7H2,1H3/t9-,10-,11-/m0/s1. The number of hydrogen-bond donors (Lipinski definition) is 1. The molecule has 0 radical (unpaired) electrons. The maximum atomic E-state index is 10.3. The lowest BCUT2D eigenvalue weighted by atomic mass is 9.98. The fourth-order valence-electron chi connectivity index (χ4n) is 2.08. The van der Waals surface area contributed by atoms with Crippen molar-refractivity contribution in [2.75, 3.05) is 6.61 Å². The molecule has 1 aromatic carbocycles. The molecule has 14 heavy (non-hydrogen) atoms. The van der Waals surface area contributed by atoms with Crippen LogP contribution in [0, 0.1) is 0 Å². The molecule has 0 saturated carbocycles. The topological polar surface area (TPSA) is 42.0 Å². The first-order valence-electron chi connectivity index (χ1n) is 4.75. The second kappa shape index (κ2) is 2.37. The van der Waals surface area contributed by atoms with Gasteiger partial charge in [0.15, 0.2) is 0 Å². The summed E-state index contributed by atoms with van der Waals surface area (Å²) in [6.45, 7) is 2.42. The van der Waals surface area contributed by atoms with Gasteiger partial charge in [0.25, 0.3) is 0 Å². The Hall–Kier alpha value is -0.900. The van der Waals surface area contributed by atoms with E-state index in [1.54, 1.807) is 0 Å². The van der Waals surface area contributed by atoms with Gasteiger partial charge >= 0.3 is 0 Å². The van der Waals surface area contributed by atoms with E-state index in [1.165, 1.54) is 0 Å². The Morgan fingerprint density at radius 1 is 1.36 bits per heavy atom. The molecule has 2 saturated heterocycles. The molecule has 0 amide bonds. The lowest BCUT2D eigenvalue weighted by molar-refractivity contribution is -0.218. The maximum Gasteiger partial charge on any atom is 0.222 e. The van der Waals surface area contributed by atoms with Crippen LogP contribution in [0.4, 0.5) is 0 Å². The van der Waals surface area contributed by atoms with Gasteiger partial charge in [0.1, 0.15) is 11.7 Å². The molecule has 1 N–H and O–H groups in total. The molecule has 2 fully saturated rings. The van der Waals surface area contributed by atoms with Crippen LogP contribution in [0.25, 0.3) is 0 Å². The number of ether oxygens (including phenoxy) is 2. The number of fused-ring (bicyclic) bond motifs is 1. The summed E-state index contributed by atoms with van der Waals surface area (Å²) in [6, 6.07) is 9.39. The summed E-state index contributed by atoms with van der Waals surface area (Å²) in [7, 11) is 0. The van der Waals surface area contributed by atoms with Gasteiger partial charge in [-0.3, -0.25) is 0 Å². The molecule has 3 nitrogen and oxygen atoms in total. The molecule has 3 rings (SSSR count). The van der Waals surface area contributed by atoms with Crippen LogP contribution in [0.2, 0.25) is 0 Å². The highest BCUT2D eigenvalue weighted by Gasteiger charge is 2.70. The van der Waals surface area contributed by atoms with Gasteiger partial charge in [-0.25, -0.2) is 0 Å². The van der Waals surface area contributed by atoms with Crippen molar-refractivity contribution in [1.29, 1.82) is 0 Å². The Bertz CT molecular complexity index is 364. The summed E-state index contributed by atoms with van der Waals surface area (Å²) in [4.78, 5) is 0. The van der Waals surface area contributed by atoms with Crippen LogP contribution in [0.15, 0.2) is 30.3 Å². The first-order valence-corrected chi connectivity index (χ1v) is 4.75. The molecular formula is C11H12O3. The van der Waals surface area contributed by atoms with Gasteiger partial charge in [-0.15, -0.1) is 0 Å². The largest absolute Gasteiger partial charge is 0.360 e. The van der Waals surface area contributed by atoms with Crippen molar-refractivity contribution in [2.45, 2.75) is 24.4 Å². The Kier molecular flexibility index (Phi) is 1.42. The molecule has 3 atom stereocenters. The van der Waals surface area contributed by atoms with Crippen LogP contribution >= 0.6 is 0 Å². The quantitative estimate of drug-likeness (QED) is 0.675. The number of epoxide rings is 1. The van der Waals surface area contributed by atoms with Crippen molar-refractivity contribution < 1.29 is 14.6 Å². The summed E-state index contributed by atoms with van der Waals surface area (Å²) in [5.41, 5.74) is 0.496. The van der Waals surface area contributed by atoms with E-state index in [4.69, 9.17) is 9.47 Å². The third-order valence-electron chi connectivity index (χ3n) is 3.01. The van der Waals surface area contributed by atoms with Crippen LogP contribution in [0.5, 0.6) is 0 Å². The van der Waals surface area contributed by atoms with Crippen LogP contribution in [0.3, 0.4) is 0 Å². The molecule has 2 heterocycles. The highest BCUT2D eigenvalue weighted by molar-refractivity contribution is 5.28. The fraction of sp³-hybridized carbons (Fsp3) is 0.455. The molecule has 0 spiro atoms. The van der Waals surface area contributed by atoms with Crippen LogP contribution < -0.4 is 0 Å². The summed E-state index contributed by atoms with van der Waals surface area (Å²) in [5, 5.41) is 10.3. The second-order valence-corrected chi connectivity index (χ2v) is 4.16. The Balaban J connectivity index is 1.99. The smallest absolute Gasteiger partial charge is 0.222 e. The van der Waals surface area contributed by atoms with Gasteiger partial charge in [-0.1, -0.05) is 30.3 Å². The van der Waals surface area contributed by atoms with E-state index in [1.807, 2.05) is 37.3 Å². The summed E-state index contributed by atoms with van der Waals surface area (Å²) in [6.07, 6.45) is -0.211. The summed E-state index contributed by atoms with van der Waals surface area (Å²) in [5.74, 6) is -1.24. The number of rotatable bonds is 1. The molecular weight excluding hydrogens is 180 g/mol. The lowest BCUT2D eigenvalue weighted by Gasteiger charge is -2.23. The van der Waals surface area contributed by atoms with Gasteiger partial charge < -0.3 is 14.6 Å². The zero-order valence-corrected chi connectivity index (χ0v) is 7.93. The molecule has 0 aliphatic carbocycles. The van der Waals surface area contributed by atoms with E-state index in [2.05, 4.69) is 0 Å². The van der Waals surface area contributed by atoms with Gasteiger partial charge in [0, 0.05) is 5.56 Å². The van der Waals surface area contributed by atoms with Crippen molar-refractivity contribution in [2.24, 2.45) is 0 Å². The highest BCUT2D eigenvalue weighted by atomic mass is 16.7. The minimum atomic E-state index is -1.24. The lowest BCUT2D eigenvalue weighted by Crippen LogP contribution is -2.31. The fourth-order valence-corrected chi connectivity index (χ4v) is 2.08. The van der Waals surface area contributed by atoms with Gasteiger partial charge in [-0.2, -0.15) is 0 Å². The van der Waals surface area contributed by atoms with E-state index in [-0.39, 0.29) is 11.7 Å².